The van der Waals surface area contributed by atoms with Crippen molar-refractivity contribution < 1.29 is 17.9 Å². The third kappa shape index (κ3) is 4.19. The summed E-state index contributed by atoms with van der Waals surface area (Å²) in [5, 5.41) is 0.489. The zero-order valence-corrected chi connectivity index (χ0v) is 11.7. The number of carbonyl (C=O) groups is 1. The van der Waals surface area contributed by atoms with Crippen molar-refractivity contribution in [2.75, 3.05) is 23.7 Å². The average Bonchev–Trinajstić information content (AvgIpc) is 2.26. The Balaban J connectivity index is 3.00. The zero-order valence-electron chi connectivity index (χ0n) is 10.1. The van der Waals surface area contributed by atoms with Gasteiger partial charge in [0.15, 0.2) is 0 Å². The summed E-state index contributed by atoms with van der Waals surface area (Å²) in [4.78, 5) is 11.4. The molecule has 1 aromatic carbocycles. The van der Waals surface area contributed by atoms with Crippen molar-refractivity contribution in [2.24, 2.45) is 0 Å². The Labute approximate surface area is 111 Å². The van der Waals surface area contributed by atoms with Crippen molar-refractivity contribution in [3.8, 4) is 0 Å². The molecule has 7 heteroatoms. The fourth-order valence-electron chi connectivity index (χ4n) is 1.33. The van der Waals surface area contributed by atoms with Crippen LogP contribution in [0.2, 0.25) is 5.02 Å². The molecule has 0 N–H and O–H groups in total. The minimum atomic E-state index is -3.55. The molecule has 0 aromatic heterocycles. The van der Waals surface area contributed by atoms with Gasteiger partial charge < -0.3 is 4.74 Å². The number of ether oxygens (including phenoxy) is 1. The molecule has 100 valence electrons. The van der Waals surface area contributed by atoms with E-state index in [1.807, 2.05) is 0 Å². The number of hydrogen-bond donors (Lipinski definition) is 0. The molecule has 1 rings (SSSR count). The first-order valence-electron chi connectivity index (χ1n) is 5.23. The van der Waals surface area contributed by atoms with Gasteiger partial charge in [0.1, 0.15) is 6.54 Å². The highest BCUT2D eigenvalue weighted by molar-refractivity contribution is 7.92. The standard InChI is InChI=1S/C11H14ClNO4S/c1-3-17-11(14)8-13(18(2,15)16)10-6-4-9(12)5-7-10/h4-7H,3,8H2,1-2H3. The molecule has 18 heavy (non-hydrogen) atoms. The number of carbonyl (C=O) groups excluding carboxylic acids is 1. The van der Waals surface area contributed by atoms with Gasteiger partial charge in [-0.3, -0.25) is 9.10 Å². The molecule has 0 saturated heterocycles. The predicted molar refractivity (Wildman–Crippen MR) is 70.3 cm³/mol. The molecular formula is C11H14ClNO4S. The van der Waals surface area contributed by atoms with Crippen LogP contribution in [0.25, 0.3) is 0 Å². The SMILES string of the molecule is CCOC(=O)CN(c1ccc(Cl)cc1)S(C)(=O)=O. The molecule has 0 amide bonds. The number of benzene rings is 1. The molecule has 0 atom stereocenters. The molecule has 5 nitrogen and oxygen atoms in total. The van der Waals surface area contributed by atoms with Gasteiger partial charge >= 0.3 is 5.97 Å². The van der Waals surface area contributed by atoms with Crippen molar-refractivity contribution in [3.05, 3.63) is 29.3 Å². The van der Waals surface area contributed by atoms with Crippen molar-refractivity contribution in [2.45, 2.75) is 6.92 Å². The van der Waals surface area contributed by atoms with E-state index in [4.69, 9.17) is 16.3 Å². The Kier molecular flexibility index (Phi) is 4.98. The van der Waals surface area contributed by atoms with E-state index in [1.54, 1.807) is 19.1 Å². The second kappa shape index (κ2) is 6.06. The van der Waals surface area contributed by atoms with Gasteiger partial charge in [-0.15, -0.1) is 0 Å². The first-order valence-corrected chi connectivity index (χ1v) is 7.46. The van der Waals surface area contributed by atoms with Crippen LogP contribution >= 0.6 is 11.6 Å². The topological polar surface area (TPSA) is 63.7 Å². The summed E-state index contributed by atoms with van der Waals surface area (Å²) >= 11 is 5.73. The highest BCUT2D eigenvalue weighted by Gasteiger charge is 2.21. The summed E-state index contributed by atoms with van der Waals surface area (Å²) in [7, 11) is -3.55. The van der Waals surface area contributed by atoms with E-state index >= 15 is 0 Å². The molecule has 0 unspecified atom stereocenters. The van der Waals surface area contributed by atoms with Crippen LogP contribution in [-0.4, -0.2) is 33.8 Å². The predicted octanol–water partition coefficient (Wildman–Crippen LogP) is 1.67. The summed E-state index contributed by atoms with van der Waals surface area (Å²) in [5.74, 6) is -0.599. The summed E-state index contributed by atoms with van der Waals surface area (Å²) in [6.45, 7) is 1.51. The van der Waals surface area contributed by atoms with Gasteiger partial charge in [-0.25, -0.2) is 8.42 Å². The minimum Gasteiger partial charge on any atom is -0.465 e. The summed E-state index contributed by atoms with van der Waals surface area (Å²) in [6, 6.07) is 6.17. The third-order valence-electron chi connectivity index (χ3n) is 2.09. The van der Waals surface area contributed by atoms with Gasteiger partial charge in [-0.1, -0.05) is 11.6 Å². The monoisotopic (exact) mass is 291 g/mol. The van der Waals surface area contributed by atoms with Gasteiger partial charge in [-0.2, -0.15) is 0 Å². The Morgan fingerprint density at radius 1 is 1.33 bits per heavy atom. The van der Waals surface area contributed by atoms with E-state index in [-0.39, 0.29) is 13.2 Å². The highest BCUT2D eigenvalue weighted by atomic mass is 35.5. The quantitative estimate of drug-likeness (QED) is 0.774. The smallest absolute Gasteiger partial charge is 0.326 e. The molecule has 0 aliphatic heterocycles. The van der Waals surface area contributed by atoms with Crippen LogP contribution in [0.1, 0.15) is 6.92 Å². The summed E-state index contributed by atoms with van der Waals surface area (Å²) in [6.07, 6.45) is 1.03. The number of sulfonamides is 1. The van der Waals surface area contributed by atoms with Crippen LogP contribution in [0.15, 0.2) is 24.3 Å². The van der Waals surface area contributed by atoms with Crippen molar-refractivity contribution in [1.29, 1.82) is 0 Å². The Morgan fingerprint density at radius 3 is 2.33 bits per heavy atom. The first kappa shape index (κ1) is 14.8. The first-order chi connectivity index (χ1) is 8.34. The summed E-state index contributed by atoms with van der Waals surface area (Å²) in [5.41, 5.74) is 0.370. The molecule has 0 heterocycles. The van der Waals surface area contributed by atoms with Crippen LogP contribution in [0.3, 0.4) is 0 Å². The van der Waals surface area contributed by atoms with E-state index in [9.17, 15) is 13.2 Å². The minimum absolute atomic E-state index is 0.205. The fraction of sp³-hybridized carbons (Fsp3) is 0.364. The van der Waals surface area contributed by atoms with E-state index < -0.39 is 16.0 Å². The van der Waals surface area contributed by atoms with E-state index in [0.717, 1.165) is 10.6 Å². The van der Waals surface area contributed by atoms with Crippen LogP contribution < -0.4 is 4.31 Å². The Hall–Kier alpha value is -1.27. The molecule has 0 saturated carbocycles. The summed E-state index contributed by atoms with van der Waals surface area (Å²) < 4.78 is 29.0. The van der Waals surface area contributed by atoms with Gasteiger partial charge in [-0.05, 0) is 31.2 Å². The number of esters is 1. The van der Waals surface area contributed by atoms with Gasteiger partial charge in [0, 0.05) is 5.02 Å². The maximum absolute atomic E-state index is 11.6. The molecule has 0 fully saturated rings. The van der Waals surface area contributed by atoms with Crippen LogP contribution in [0, 0.1) is 0 Å². The number of rotatable bonds is 5. The average molecular weight is 292 g/mol. The fourth-order valence-corrected chi connectivity index (χ4v) is 2.30. The van der Waals surface area contributed by atoms with E-state index in [1.165, 1.54) is 12.1 Å². The normalized spacial score (nSPS) is 11.1. The second-order valence-corrected chi connectivity index (χ2v) is 5.89. The Morgan fingerprint density at radius 2 is 1.89 bits per heavy atom. The van der Waals surface area contributed by atoms with Crippen LogP contribution in [0.4, 0.5) is 5.69 Å². The number of halogens is 1. The maximum atomic E-state index is 11.6. The molecule has 0 aliphatic rings. The molecule has 0 spiro atoms. The molecule has 0 bridgehead atoms. The van der Waals surface area contributed by atoms with Gasteiger partial charge in [0.05, 0.1) is 18.6 Å². The number of anilines is 1. The van der Waals surface area contributed by atoms with Gasteiger partial charge in [0.25, 0.3) is 0 Å². The third-order valence-corrected chi connectivity index (χ3v) is 3.49. The molecule has 0 aliphatic carbocycles. The lowest BCUT2D eigenvalue weighted by Gasteiger charge is -2.21. The van der Waals surface area contributed by atoms with Crippen molar-refractivity contribution in [3.63, 3.8) is 0 Å². The highest BCUT2D eigenvalue weighted by Crippen LogP contribution is 2.20. The maximum Gasteiger partial charge on any atom is 0.326 e. The van der Waals surface area contributed by atoms with Crippen molar-refractivity contribution in [1.82, 2.24) is 0 Å². The Bertz CT molecular complexity index is 512. The zero-order chi connectivity index (χ0) is 13.8. The molecular weight excluding hydrogens is 278 g/mol. The molecule has 1 aromatic rings. The van der Waals surface area contributed by atoms with E-state index in [0.29, 0.717) is 10.7 Å². The van der Waals surface area contributed by atoms with Gasteiger partial charge in [0.2, 0.25) is 10.0 Å². The molecule has 0 radical (unpaired) electrons. The lowest BCUT2D eigenvalue weighted by Crippen LogP contribution is -2.35. The second-order valence-electron chi connectivity index (χ2n) is 3.55. The lowest BCUT2D eigenvalue weighted by molar-refractivity contribution is -0.141. The van der Waals surface area contributed by atoms with Crippen molar-refractivity contribution >= 4 is 33.3 Å². The van der Waals surface area contributed by atoms with E-state index in [2.05, 4.69) is 0 Å². The lowest BCUT2D eigenvalue weighted by atomic mass is 10.3. The largest absolute Gasteiger partial charge is 0.465 e. The number of nitrogens with zero attached hydrogens (tertiary/aromatic N) is 1. The number of hydrogen-bond acceptors (Lipinski definition) is 4. The van der Waals surface area contributed by atoms with Crippen LogP contribution in [-0.2, 0) is 19.6 Å². The van der Waals surface area contributed by atoms with Crippen LogP contribution in [0.5, 0.6) is 0 Å².